The zero-order valence-corrected chi connectivity index (χ0v) is 14.3. The highest BCUT2D eigenvalue weighted by atomic mass is 16.4. The lowest BCUT2D eigenvalue weighted by molar-refractivity contribution is -0.143. The molecule has 3 aromatic rings. The number of benzene rings is 1. The van der Waals surface area contributed by atoms with E-state index >= 15 is 0 Å². The summed E-state index contributed by atoms with van der Waals surface area (Å²) >= 11 is 0. The predicted octanol–water partition coefficient (Wildman–Crippen LogP) is 2.11. The SMILES string of the molecule is CN(CCc1cnn(C)c1)C(C(=O)O)c1ccc(-c2ccn[nH]2)cc1. The largest absolute Gasteiger partial charge is 0.480 e. The van der Waals surface area contributed by atoms with Gasteiger partial charge in [-0.1, -0.05) is 24.3 Å². The van der Waals surface area contributed by atoms with Gasteiger partial charge in [-0.25, -0.2) is 0 Å². The lowest BCUT2D eigenvalue weighted by Gasteiger charge is -2.25. The molecule has 1 atom stereocenters. The number of carboxylic acids is 1. The maximum absolute atomic E-state index is 11.8. The number of nitrogens with zero attached hydrogens (tertiary/aromatic N) is 4. The molecule has 2 N–H and O–H groups in total. The van der Waals surface area contributed by atoms with Crippen molar-refractivity contribution in [2.45, 2.75) is 12.5 Å². The Morgan fingerprint density at radius 3 is 2.64 bits per heavy atom. The minimum absolute atomic E-state index is 0.630. The maximum Gasteiger partial charge on any atom is 0.325 e. The summed E-state index contributed by atoms with van der Waals surface area (Å²) in [5.41, 5.74) is 3.73. The number of likely N-dealkylation sites (N-methyl/N-ethyl adjacent to an activating group) is 1. The van der Waals surface area contributed by atoms with Gasteiger partial charge in [0.25, 0.3) is 0 Å². The number of nitrogens with one attached hydrogen (secondary N) is 1. The molecule has 0 spiro atoms. The summed E-state index contributed by atoms with van der Waals surface area (Å²) in [6.07, 6.45) is 6.20. The fourth-order valence-electron chi connectivity index (χ4n) is 2.88. The number of carboxylic acid groups (broad SMARTS) is 1. The van der Waals surface area contributed by atoms with Gasteiger partial charge < -0.3 is 5.11 Å². The van der Waals surface area contributed by atoms with Crippen LogP contribution < -0.4 is 0 Å². The van der Waals surface area contributed by atoms with Gasteiger partial charge in [0.1, 0.15) is 6.04 Å². The molecule has 0 saturated heterocycles. The normalized spacial score (nSPS) is 12.4. The first kappa shape index (κ1) is 16.9. The second kappa shape index (κ2) is 7.31. The molecule has 0 aliphatic carbocycles. The summed E-state index contributed by atoms with van der Waals surface area (Å²) in [5.74, 6) is -0.858. The second-order valence-electron chi connectivity index (χ2n) is 6.09. The van der Waals surface area contributed by atoms with Gasteiger partial charge in [0, 0.05) is 26.0 Å². The van der Waals surface area contributed by atoms with Crippen LogP contribution in [0.4, 0.5) is 0 Å². The van der Waals surface area contributed by atoms with E-state index < -0.39 is 12.0 Å². The molecular weight excluding hydrogens is 318 g/mol. The van der Waals surface area contributed by atoms with Crippen LogP contribution in [-0.4, -0.2) is 49.5 Å². The fraction of sp³-hybridized carbons (Fsp3) is 0.278. The molecular formula is C18H21N5O2. The number of hydrogen-bond donors (Lipinski definition) is 2. The molecule has 0 fully saturated rings. The third-order valence-corrected chi connectivity index (χ3v) is 4.22. The highest BCUT2D eigenvalue weighted by molar-refractivity contribution is 5.76. The molecule has 0 aliphatic rings. The van der Waals surface area contributed by atoms with E-state index in [0.717, 1.165) is 28.8 Å². The van der Waals surface area contributed by atoms with Crippen LogP contribution in [0, 0.1) is 0 Å². The molecule has 0 saturated carbocycles. The van der Waals surface area contributed by atoms with E-state index in [9.17, 15) is 9.90 Å². The first-order chi connectivity index (χ1) is 12.0. The average molecular weight is 339 g/mol. The van der Waals surface area contributed by atoms with E-state index in [-0.39, 0.29) is 0 Å². The average Bonchev–Trinajstić information content (AvgIpc) is 3.25. The number of aromatic amines is 1. The maximum atomic E-state index is 11.8. The topological polar surface area (TPSA) is 87.0 Å². The van der Waals surface area contributed by atoms with Gasteiger partial charge in [-0.3, -0.25) is 19.5 Å². The standard InChI is InChI=1S/C18H21N5O2/c1-22(10-8-13-11-20-23(2)12-13)17(18(24)25)15-5-3-14(4-6-15)16-7-9-19-21-16/h3-7,9,11-12,17H,8,10H2,1-2H3,(H,19,21)(H,24,25). The Hall–Kier alpha value is -2.93. The molecule has 0 radical (unpaired) electrons. The van der Waals surface area contributed by atoms with Crippen molar-refractivity contribution in [2.75, 3.05) is 13.6 Å². The number of rotatable bonds is 7. The molecule has 7 heteroatoms. The summed E-state index contributed by atoms with van der Waals surface area (Å²) < 4.78 is 1.75. The summed E-state index contributed by atoms with van der Waals surface area (Å²) in [5, 5.41) is 20.7. The molecule has 2 aromatic heterocycles. The molecule has 1 aromatic carbocycles. The first-order valence-corrected chi connectivity index (χ1v) is 8.05. The van der Waals surface area contributed by atoms with E-state index in [0.29, 0.717) is 6.54 Å². The predicted molar refractivity (Wildman–Crippen MR) is 93.9 cm³/mol. The lowest BCUT2D eigenvalue weighted by atomic mass is 10.0. The van der Waals surface area contributed by atoms with Crippen LogP contribution in [0.5, 0.6) is 0 Å². The first-order valence-electron chi connectivity index (χ1n) is 8.05. The van der Waals surface area contributed by atoms with E-state index in [1.54, 1.807) is 10.9 Å². The Balaban J connectivity index is 1.72. The lowest BCUT2D eigenvalue weighted by Crippen LogP contribution is -2.32. The highest BCUT2D eigenvalue weighted by Gasteiger charge is 2.24. The van der Waals surface area contributed by atoms with Crippen LogP contribution in [-0.2, 0) is 18.3 Å². The van der Waals surface area contributed by atoms with Crippen molar-refractivity contribution in [3.05, 3.63) is 60.0 Å². The third kappa shape index (κ3) is 3.95. The van der Waals surface area contributed by atoms with Crippen molar-refractivity contribution in [3.8, 4) is 11.3 Å². The van der Waals surface area contributed by atoms with E-state index in [1.807, 2.05) is 61.7 Å². The number of carbonyl (C=O) groups is 1. The molecule has 25 heavy (non-hydrogen) atoms. The van der Waals surface area contributed by atoms with Crippen LogP contribution in [0.1, 0.15) is 17.2 Å². The quantitative estimate of drug-likeness (QED) is 0.688. The summed E-state index contributed by atoms with van der Waals surface area (Å²) in [6.45, 7) is 0.630. The van der Waals surface area contributed by atoms with Gasteiger partial charge >= 0.3 is 5.97 Å². The molecule has 0 bridgehead atoms. The Labute approximate surface area is 145 Å². The second-order valence-corrected chi connectivity index (χ2v) is 6.09. The fourth-order valence-corrected chi connectivity index (χ4v) is 2.88. The Morgan fingerprint density at radius 2 is 2.08 bits per heavy atom. The minimum Gasteiger partial charge on any atom is -0.480 e. The van der Waals surface area contributed by atoms with Crippen LogP contribution in [0.2, 0.25) is 0 Å². The Bertz CT molecular complexity index is 824. The summed E-state index contributed by atoms with van der Waals surface area (Å²) in [6, 6.07) is 8.73. The van der Waals surface area contributed by atoms with Crippen molar-refractivity contribution >= 4 is 5.97 Å². The van der Waals surface area contributed by atoms with Crippen molar-refractivity contribution in [1.82, 2.24) is 24.9 Å². The number of aryl methyl sites for hydroxylation is 1. The zero-order chi connectivity index (χ0) is 17.8. The van der Waals surface area contributed by atoms with Gasteiger partial charge in [0.15, 0.2) is 0 Å². The zero-order valence-electron chi connectivity index (χ0n) is 14.3. The Morgan fingerprint density at radius 1 is 1.32 bits per heavy atom. The molecule has 1 unspecified atom stereocenters. The molecule has 0 aliphatic heterocycles. The van der Waals surface area contributed by atoms with E-state index in [2.05, 4.69) is 15.3 Å². The smallest absolute Gasteiger partial charge is 0.325 e. The number of H-pyrrole nitrogens is 1. The summed E-state index contributed by atoms with van der Waals surface area (Å²) in [7, 11) is 3.70. The van der Waals surface area contributed by atoms with Crippen molar-refractivity contribution in [2.24, 2.45) is 7.05 Å². The van der Waals surface area contributed by atoms with Crippen molar-refractivity contribution in [1.29, 1.82) is 0 Å². The van der Waals surface area contributed by atoms with Crippen molar-refractivity contribution in [3.63, 3.8) is 0 Å². The molecule has 3 rings (SSSR count). The van der Waals surface area contributed by atoms with Crippen LogP contribution >= 0.6 is 0 Å². The van der Waals surface area contributed by atoms with E-state index in [4.69, 9.17) is 0 Å². The molecule has 0 amide bonds. The highest BCUT2D eigenvalue weighted by Crippen LogP contribution is 2.24. The monoisotopic (exact) mass is 339 g/mol. The number of aliphatic carboxylic acids is 1. The molecule has 130 valence electrons. The van der Waals surface area contributed by atoms with Gasteiger partial charge in [-0.05, 0) is 36.2 Å². The van der Waals surface area contributed by atoms with Gasteiger partial charge in [-0.15, -0.1) is 0 Å². The van der Waals surface area contributed by atoms with Crippen LogP contribution in [0.3, 0.4) is 0 Å². The van der Waals surface area contributed by atoms with Gasteiger partial charge in [-0.2, -0.15) is 10.2 Å². The Kier molecular flexibility index (Phi) is 4.95. The third-order valence-electron chi connectivity index (χ3n) is 4.22. The number of hydrogen-bond acceptors (Lipinski definition) is 4. The molecule has 7 nitrogen and oxygen atoms in total. The van der Waals surface area contributed by atoms with Gasteiger partial charge in [0.2, 0.25) is 0 Å². The van der Waals surface area contributed by atoms with E-state index in [1.165, 1.54) is 0 Å². The number of aromatic nitrogens is 4. The van der Waals surface area contributed by atoms with Gasteiger partial charge in [0.05, 0.1) is 11.9 Å². The van der Waals surface area contributed by atoms with Crippen molar-refractivity contribution < 1.29 is 9.90 Å². The molecule has 2 heterocycles. The van der Waals surface area contributed by atoms with Crippen LogP contribution in [0.15, 0.2) is 48.9 Å². The minimum atomic E-state index is -0.858. The summed E-state index contributed by atoms with van der Waals surface area (Å²) in [4.78, 5) is 13.6. The van der Waals surface area contributed by atoms with Crippen LogP contribution in [0.25, 0.3) is 11.3 Å².